The van der Waals surface area contributed by atoms with Gasteiger partial charge in [-0.3, -0.25) is 0 Å². The average Bonchev–Trinajstić information content (AvgIpc) is 2.53. The molecule has 2 N–H and O–H groups in total. The number of ether oxygens (including phenoxy) is 2. The van der Waals surface area contributed by atoms with E-state index in [1.165, 1.54) is 0 Å². The lowest BCUT2D eigenvalue weighted by Gasteiger charge is -2.17. The molecule has 0 bridgehead atoms. The van der Waals surface area contributed by atoms with Gasteiger partial charge in [-0.25, -0.2) is 4.79 Å². The van der Waals surface area contributed by atoms with Crippen molar-refractivity contribution in [2.75, 3.05) is 13.2 Å². The largest absolute Gasteiger partial charge is 0.486 e. The van der Waals surface area contributed by atoms with Crippen LogP contribution in [0.2, 0.25) is 0 Å². The van der Waals surface area contributed by atoms with Crippen LogP contribution in [-0.2, 0) is 0 Å². The summed E-state index contributed by atoms with van der Waals surface area (Å²) in [6.07, 6.45) is 0. The van der Waals surface area contributed by atoms with Crippen molar-refractivity contribution >= 4 is 11.0 Å². The molecule has 5 heteroatoms. The molecule has 1 aliphatic rings. The van der Waals surface area contributed by atoms with Gasteiger partial charge < -0.3 is 19.4 Å². The van der Waals surface area contributed by atoms with Crippen LogP contribution in [0.4, 0.5) is 0 Å². The SMILES string of the molecule is O=c1[nH]c2cc3c(cc2[nH]1)OCCO3. The summed E-state index contributed by atoms with van der Waals surface area (Å²) in [5, 5.41) is 0. The molecule has 72 valence electrons. The quantitative estimate of drug-likeness (QED) is 0.643. The number of fused-ring (bicyclic) bond motifs is 2. The van der Waals surface area contributed by atoms with Crippen LogP contribution in [0.3, 0.4) is 0 Å². The molecule has 1 aromatic carbocycles. The molecule has 0 saturated carbocycles. The molecule has 0 fully saturated rings. The van der Waals surface area contributed by atoms with Crippen molar-refractivity contribution in [1.29, 1.82) is 0 Å². The van der Waals surface area contributed by atoms with Crippen LogP contribution in [0.1, 0.15) is 0 Å². The average molecular weight is 192 g/mol. The molecule has 14 heavy (non-hydrogen) atoms. The minimum atomic E-state index is -0.220. The van der Waals surface area contributed by atoms with Crippen molar-refractivity contribution in [3.8, 4) is 11.5 Å². The molecule has 2 aromatic rings. The summed E-state index contributed by atoms with van der Waals surface area (Å²) in [4.78, 5) is 16.3. The third-order valence-corrected chi connectivity index (χ3v) is 2.18. The summed E-state index contributed by atoms with van der Waals surface area (Å²) in [6.45, 7) is 1.10. The number of nitrogens with one attached hydrogen (secondary N) is 2. The fourth-order valence-corrected chi connectivity index (χ4v) is 1.57. The predicted molar refractivity (Wildman–Crippen MR) is 49.9 cm³/mol. The summed E-state index contributed by atoms with van der Waals surface area (Å²) >= 11 is 0. The summed E-state index contributed by atoms with van der Waals surface area (Å²) in [7, 11) is 0. The first kappa shape index (κ1) is 7.49. The highest BCUT2D eigenvalue weighted by Crippen LogP contribution is 2.32. The number of imidazole rings is 1. The highest BCUT2D eigenvalue weighted by Gasteiger charge is 2.13. The van der Waals surface area contributed by atoms with Gasteiger partial charge in [-0.1, -0.05) is 0 Å². The first-order valence-electron chi connectivity index (χ1n) is 4.34. The van der Waals surface area contributed by atoms with Crippen LogP contribution in [0.25, 0.3) is 11.0 Å². The molecule has 0 spiro atoms. The number of benzene rings is 1. The maximum Gasteiger partial charge on any atom is 0.323 e. The Morgan fingerprint density at radius 1 is 1.00 bits per heavy atom. The van der Waals surface area contributed by atoms with Gasteiger partial charge >= 0.3 is 5.69 Å². The fourth-order valence-electron chi connectivity index (χ4n) is 1.57. The van der Waals surface area contributed by atoms with Gasteiger partial charge in [-0.05, 0) is 0 Å². The second-order valence-electron chi connectivity index (χ2n) is 3.12. The van der Waals surface area contributed by atoms with Crippen LogP contribution in [0.5, 0.6) is 11.5 Å². The van der Waals surface area contributed by atoms with Crippen LogP contribution < -0.4 is 15.2 Å². The lowest BCUT2D eigenvalue weighted by atomic mass is 10.2. The molecule has 2 heterocycles. The van der Waals surface area contributed by atoms with Crippen LogP contribution in [0, 0.1) is 0 Å². The van der Waals surface area contributed by atoms with E-state index < -0.39 is 0 Å². The van der Waals surface area contributed by atoms with Crippen molar-refractivity contribution in [1.82, 2.24) is 9.97 Å². The van der Waals surface area contributed by atoms with Gasteiger partial charge in [0.15, 0.2) is 11.5 Å². The number of aromatic amines is 2. The maximum atomic E-state index is 11.0. The fraction of sp³-hybridized carbons (Fsp3) is 0.222. The van der Waals surface area contributed by atoms with Gasteiger partial charge in [0.05, 0.1) is 11.0 Å². The topological polar surface area (TPSA) is 67.1 Å². The Labute approximate surface area is 78.7 Å². The Bertz CT molecular complexity index is 494. The second-order valence-corrected chi connectivity index (χ2v) is 3.12. The molecular formula is C9H8N2O3. The molecule has 1 aliphatic heterocycles. The van der Waals surface area contributed by atoms with E-state index in [0.29, 0.717) is 24.7 Å². The van der Waals surface area contributed by atoms with E-state index in [4.69, 9.17) is 9.47 Å². The lowest BCUT2D eigenvalue weighted by molar-refractivity contribution is 0.172. The number of hydrogen-bond donors (Lipinski definition) is 2. The van der Waals surface area contributed by atoms with Crippen LogP contribution in [0.15, 0.2) is 16.9 Å². The molecule has 3 rings (SSSR count). The summed E-state index contributed by atoms with van der Waals surface area (Å²) < 4.78 is 10.8. The van der Waals surface area contributed by atoms with Crippen LogP contribution >= 0.6 is 0 Å². The van der Waals surface area contributed by atoms with E-state index in [1.807, 2.05) is 0 Å². The molecule has 0 aliphatic carbocycles. The van der Waals surface area contributed by atoms with E-state index >= 15 is 0 Å². The highest BCUT2D eigenvalue weighted by atomic mass is 16.6. The maximum absolute atomic E-state index is 11.0. The van der Waals surface area contributed by atoms with Gasteiger partial charge in [-0.15, -0.1) is 0 Å². The lowest BCUT2D eigenvalue weighted by Crippen LogP contribution is -2.15. The molecule has 0 amide bonds. The minimum absolute atomic E-state index is 0.220. The van der Waals surface area contributed by atoms with E-state index in [0.717, 1.165) is 11.0 Å². The molecule has 0 saturated heterocycles. The normalized spacial score (nSPS) is 14.6. The van der Waals surface area contributed by atoms with Gasteiger partial charge in [0.2, 0.25) is 0 Å². The van der Waals surface area contributed by atoms with Gasteiger partial charge in [0, 0.05) is 12.1 Å². The molecule has 0 unspecified atom stereocenters. The summed E-state index contributed by atoms with van der Waals surface area (Å²) in [5.74, 6) is 1.36. The number of aromatic nitrogens is 2. The van der Waals surface area contributed by atoms with Gasteiger partial charge in [-0.2, -0.15) is 0 Å². The number of hydrogen-bond acceptors (Lipinski definition) is 3. The minimum Gasteiger partial charge on any atom is -0.486 e. The number of H-pyrrole nitrogens is 2. The molecule has 0 radical (unpaired) electrons. The summed E-state index contributed by atoms with van der Waals surface area (Å²) in [5.41, 5.74) is 1.25. The van der Waals surface area contributed by atoms with E-state index in [2.05, 4.69) is 9.97 Å². The predicted octanol–water partition coefficient (Wildman–Crippen LogP) is 0.627. The number of rotatable bonds is 0. The third-order valence-electron chi connectivity index (χ3n) is 2.18. The Morgan fingerprint density at radius 3 is 2.00 bits per heavy atom. The standard InChI is InChI=1S/C9H8N2O3/c12-9-10-5-3-7-8(4-6(5)11-9)14-2-1-13-7/h3-4H,1-2H2,(H2,10,11,12). The zero-order valence-corrected chi connectivity index (χ0v) is 7.29. The van der Waals surface area contributed by atoms with Gasteiger partial charge in [0.1, 0.15) is 13.2 Å². The van der Waals surface area contributed by atoms with Crippen molar-refractivity contribution in [2.24, 2.45) is 0 Å². The monoisotopic (exact) mass is 192 g/mol. The summed E-state index contributed by atoms with van der Waals surface area (Å²) in [6, 6.07) is 3.53. The van der Waals surface area contributed by atoms with Crippen molar-refractivity contribution in [2.45, 2.75) is 0 Å². The molecule has 1 aromatic heterocycles. The zero-order valence-electron chi connectivity index (χ0n) is 7.29. The molecule has 5 nitrogen and oxygen atoms in total. The van der Waals surface area contributed by atoms with Crippen LogP contribution in [-0.4, -0.2) is 23.2 Å². The third kappa shape index (κ3) is 0.985. The van der Waals surface area contributed by atoms with Crippen molar-refractivity contribution in [3.05, 3.63) is 22.6 Å². The zero-order chi connectivity index (χ0) is 9.54. The van der Waals surface area contributed by atoms with E-state index in [1.54, 1.807) is 12.1 Å². The Morgan fingerprint density at radius 2 is 1.50 bits per heavy atom. The first-order chi connectivity index (χ1) is 6.83. The van der Waals surface area contributed by atoms with E-state index in [-0.39, 0.29) is 5.69 Å². The first-order valence-corrected chi connectivity index (χ1v) is 4.34. The Balaban J connectivity index is 2.31. The van der Waals surface area contributed by atoms with Gasteiger partial charge in [0.25, 0.3) is 0 Å². The highest BCUT2D eigenvalue weighted by molar-refractivity contribution is 5.79. The molecule has 0 atom stereocenters. The van der Waals surface area contributed by atoms with Crippen molar-refractivity contribution < 1.29 is 9.47 Å². The Kier molecular flexibility index (Phi) is 1.36. The van der Waals surface area contributed by atoms with Crippen molar-refractivity contribution in [3.63, 3.8) is 0 Å². The molecular weight excluding hydrogens is 184 g/mol. The van der Waals surface area contributed by atoms with E-state index in [9.17, 15) is 4.79 Å². The Hall–Kier alpha value is -1.91. The second kappa shape index (κ2) is 2.54. The smallest absolute Gasteiger partial charge is 0.323 e.